The van der Waals surface area contributed by atoms with Crippen molar-refractivity contribution < 1.29 is 9.90 Å². The molecule has 4 N–H and O–H groups in total. The van der Waals surface area contributed by atoms with Crippen LogP contribution in [0.3, 0.4) is 0 Å². The Morgan fingerprint density at radius 2 is 1.75 bits per heavy atom. The molecule has 0 aliphatic heterocycles. The molecule has 1 aliphatic rings. The lowest BCUT2D eigenvalue weighted by Crippen LogP contribution is -2.30. The van der Waals surface area contributed by atoms with Gasteiger partial charge in [0.2, 0.25) is 0 Å². The van der Waals surface area contributed by atoms with Crippen molar-refractivity contribution in [3.63, 3.8) is 0 Å². The summed E-state index contributed by atoms with van der Waals surface area (Å²) >= 11 is 11.1. The number of carboxylic acids is 1. The molecule has 7 heteroatoms. The summed E-state index contributed by atoms with van der Waals surface area (Å²) in [6, 6.07) is 12.9. The number of nitrogens with one attached hydrogen (secondary N) is 1. The molecule has 5 nitrogen and oxygen atoms in total. The van der Waals surface area contributed by atoms with E-state index in [0.717, 1.165) is 34.9 Å². The van der Waals surface area contributed by atoms with E-state index in [1.54, 1.807) is 0 Å². The predicted molar refractivity (Wildman–Crippen MR) is 138 cm³/mol. The van der Waals surface area contributed by atoms with Gasteiger partial charge in [-0.2, -0.15) is 0 Å². The highest BCUT2D eigenvalue weighted by molar-refractivity contribution is 7.80. The van der Waals surface area contributed by atoms with Crippen molar-refractivity contribution >= 4 is 41.6 Å². The van der Waals surface area contributed by atoms with Crippen molar-refractivity contribution in [1.82, 2.24) is 5.32 Å². The molecular weight excluding hydrogens is 442 g/mol. The van der Waals surface area contributed by atoms with Crippen LogP contribution >= 0.6 is 24.2 Å². The molecule has 1 fully saturated rings. The quantitative estimate of drug-likeness (QED) is 0.350. The van der Waals surface area contributed by atoms with Crippen LogP contribution in [0, 0.1) is 0 Å². The van der Waals surface area contributed by atoms with E-state index < -0.39 is 12.0 Å². The Bertz CT molecular complexity index is 820. The van der Waals surface area contributed by atoms with Crippen LogP contribution in [0.4, 0.5) is 11.4 Å². The highest BCUT2D eigenvalue weighted by atomic mass is 35.5. The number of benzene rings is 2. The summed E-state index contributed by atoms with van der Waals surface area (Å²) in [4.78, 5) is 13.8. The van der Waals surface area contributed by atoms with Crippen LogP contribution in [0.15, 0.2) is 47.4 Å². The maximum atomic E-state index is 10.9. The van der Waals surface area contributed by atoms with Crippen molar-refractivity contribution in [2.24, 2.45) is 5.73 Å². The number of anilines is 2. The van der Waals surface area contributed by atoms with Crippen LogP contribution in [0.5, 0.6) is 0 Å². The molecule has 2 aromatic rings. The second kappa shape index (κ2) is 14.4. The number of nitrogens with zero attached hydrogens (tertiary/aromatic N) is 1. The molecule has 2 aromatic carbocycles. The minimum absolute atomic E-state index is 0.323. The Morgan fingerprint density at radius 1 is 1.16 bits per heavy atom. The average Bonchev–Trinajstić information content (AvgIpc) is 2.82. The molecule has 0 radical (unpaired) electrons. The molecule has 1 atom stereocenters. The number of likely N-dealkylation sites (N-methyl/N-ethyl adjacent to an activating group) is 1. The first-order valence-electron chi connectivity index (χ1n) is 11.4. The molecule has 0 heterocycles. The largest absolute Gasteiger partial charge is 0.480 e. The van der Waals surface area contributed by atoms with Gasteiger partial charge in [0.05, 0.1) is 5.69 Å². The Kier molecular flexibility index (Phi) is 12.0. The number of rotatable bonds is 9. The fourth-order valence-electron chi connectivity index (χ4n) is 3.72. The van der Waals surface area contributed by atoms with Crippen LogP contribution < -0.4 is 16.0 Å². The topological polar surface area (TPSA) is 78.6 Å². The summed E-state index contributed by atoms with van der Waals surface area (Å²) in [6.07, 6.45) is 9.81. The van der Waals surface area contributed by atoms with Gasteiger partial charge >= 0.3 is 5.97 Å². The molecule has 1 aliphatic carbocycles. The zero-order valence-corrected chi connectivity index (χ0v) is 20.5. The number of halogens is 1. The highest BCUT2D eigenvalue weighted by Gasteiger charge is 2.17. The normalized spacial score (nSPS) is 14.2. The average molecular weight is 478 g/mol. The summed E-state index contributed by atoms with van der Waals surface area (Å²) in [7, 11) is 1.91. The van der Waals surface area contributed by atoms with Gasteiger partial charge in [-0.05, 0) is 49.7 Å². The molecule has 0 aromatic heterocycles. The lowest BCUT2D eigenvalue weighted by Gasteiger charge is -2.27. The molecule has 0 bridgehead atoms. The smallest absolute Gasteiger partial charge is 0.320 e. The molecule has 1 unspecified atom stereocenters. The van der Waals surface area contributed by atoms with Crippen LogP contribution in [-0.4, -0.2) is 37.3 Å². The fourth-order valence-corrected chi connectivity index (χ4v) is 4.31. The van der Waals surface area contributed by atoms with E-state index in [-0.39, 0.29) is 0 Å². The van der Waals surface area contributed by atoms with Gasteiger partial charge in [0, 0.05) is 28.7 Å². The first-order valence-corrected chi connectivity index (χ1v) is 12.2. The van der Waals surface area contributed by atoms with E-state index in [9.17, 15) is 4.79 Å². The van der Waals surface area contributed by atoms with Crippen LogP contribution in [-0.2, 0) is 11.2 Å². The van der Waals surface area contributed by atoms with Gasteiger partial charge in [0.1, 0.15) is 6.04 Å². The number of thiol groups is 1. The van der Waals surface area contributed by atoms with E-state index in [0.29, 0.717) is 17.9 Å². The van der Waals surface area contributed by atoms with Gasteiger partial charge in [0.25, 0.3) is 0 Å². The SMILES string of the molecule is C1CCCCC1.CNCCN(c1ccccc1)c1cc(Cl)c(CCC(N)C(=O)O)cc1S. The second-order valence-electron chi connectivity index (χ2n) is 8.13. The highest BCUT2D eigenvalue weighted by Crippen LogP contribution is 2.35. The maximum absolute atomic E-state index is 10.9. The van der Waals surface area contributed by atoms with Gasteiger partial charge in [-0.15, -0.1) is 12.6 Å². The first kappa shape index (κ1) is 26.5. The van der Waals surface area contributed by atoms with Crippen molar-refractivity contribution in [2.75, 3.05) is 25.0 Å². The number of nitrogens with two attached hydrogens (primary N) is 1. The molecule has 0 amide bonds. The fraction of sp³-hybridized carbons (Fsp3) is 0.480. The van der Waals surface area contributed by atoms with Crippen molar-refractivity contribution in [3.8, 4) is 0 Å². The molecule has 1 saturated carbocycles. The van der Waals surface area contributed by atoms with Crippen LogP contribution in [0.25, 0.3) is 0 Å². The number of hydrogen-bond acceptors (Lipinski definition) is 5. The first-order chi connectivity index (χ1) is 15.4. The Morgan fingerprint density at radius 3 is 2.28 bits per heavy atom. The minimum Gasteiger partial charge on any atom is -0.480 e. The number of carboxylic acid groups (broad SMARTS) is 1. The molecule has 176 valence electrons. The molecule has 32 heavy (non-hydrogen) atoms. The zero-order valence-electron chi connectivity index (χ0n) is 18.9. The minimum atomic E-state index is -1.01. The Balaban J connectivity index is 0.000000520. The number of aryl methyl sites for hydroxylation is 1. The Hall–Kier alpha value is -1.73. The van der Waals surface area contributed by atoms with Crippen molar-refractivity contribution in [3.05, 3.63) is 53.1 Å². The van der Waals surface area contributed by atoms with Gasteiger partial charge in [-0.1, -0.05) is 68.3 Å². The van der Waals surface area contributed by atoms with Crippen LogP contribution in [0.1, 0.15) is 50.5 Å². The standard InChI is InChI=1S/C19H24ClN3O2S.C6H12/c1-22-9-10-23(14-5-3-2-4-6-14)17-12-15(20)13(11-18(17)26)7-8-16(21)19(24)25;1-2-4-6-5-3-1/h2-6,11-12,16,22,26H,7-10,21H2,1H3,(H,24,25);1-6H2. The second-order valence-corrected chi connectivity index (χ2v) is 9.02. The number of hydrogen-bond donors (Lipinski definition) is 4. The van der Waals surface area contributed by atoms with Gasteiger partial charge < -0.3 is 21.1 Å². The third kappa shape index (κ3) is 8.66. The molecule has 0 saturated heterocycles. The van der Waals surface area contributed by atoms with E-state index in [4.69, 9.17) is 22.4 Å². The molecule has 0 spiro atoms. The number of para-hydroxylation sites is 1. The van der Waals surface area contributed by atoms with Crippen LogP contribution in [0.2, 0.25) is 5.02 Å². The monoisotopic (exact) mass is 477 g/mol. The lowest BCUT2D eigenvalue weighted by molar-refractivity contribution is -0.138. The maximum Gasteiger partial charge on any atom is 0.320 e. The van der Waals surface area contributed by atoms with E-state index >= 15 is 0 Å². The van der Waals surface area contributed by atoms with Crippen molar-refractivity contribution in [2.45, 2.75) is 62.3 Å². The Labute approximate surface area is 202 Å². The van der Waals surface area contributed by atoms with Crippen molar-refractivity contribution in [1.29, 1.82) is 0 Å². The third-order valence-corrected chi connectivity index (χ3v) is 6.34. The molecule has 3 rings (SSSR count). The van der Waals surface area contributed by atoms with E-state index in [2.05, 4.69) is 22.8 Å². The van der Waals surface area contributed by atoms with Gasteiger partial charge in [0.15, 0.2) is 0 Å². The summed E-state index contributed by atoms with van der Waals surface area (Å²) in [5, 5.41) is 12.7. The number of carbonyl (C=O) groups is 1. The van der Waals surface area contributed by atoms with Gasteiger partial charge in [-0.3, -0.25) is 4.79 Å². The molecular formula is C25H36ClN3O2S. The zero-order chi connectivity index (χ0) is 23.3. The number of aliphatic carboxylic acids is 1. The lowest BCUT2D eigenvalue weighted by atomic mass is 10.0. The van der Waals surface area contributed by atoms with E-state index in [1.165, 1.54) is 38.5 Å². The predicted octanol–water partition coefficient (Wildman–Crippen LogP) is 5.67. The summed E-state index contributed by atoms with van der Waals surface area (Å²) in [5.74, 6) is -1.01. The summed E-state index contributed by atoms with van der Waals surface area (Å²) < 4.78 is 0. The third-order valence-electron chi connectivity index (χ3n) is 5.63. The van der Waals surface area contributed by atoms with E-state index in [1.807, 2.05) is 49.5 Å². The summed E-state index contributed by atoms with van der Waals surface area (Å²) in [5.41, 5.74) is 8.39. The van der Waals surface area contributed by atoms with Gasteiger partial charge in [-0.25, -0.2) is 0 Å². The summed E-state index contributed by atoms with van der Waals surface area (Å²) in [6.45, 7) is 1.56.